The number of rotatable bonds is 9. The van der Waals surface area contributed by atoms with Crippen LogP contribution in [0.15, 0.2) is 53.4 Å². The third-order valence-corrected chi connectivity index (χ3v) is 7.74. The monoisotopic (exact) mass is 459 g/mol. The number of carbonyl (C=O) groups is 1. The molecule has 1 aliphatic heterocycles. The molecule has 0 unspecified atom stereocenters. The first-order valence-electron chi connectivity index (χ1n) is 11.0. The summed E-state index contributed by atoms with van der Waals surface area (Å²) in [4.78, 5) is 15.2. The van der Waals surface area contributed by atoms with Crippen molar-refractivity contribution in [2.24, 2.45) is 0 Å². The van der Waals surface area contributed by atoms with Gasteiger partial charge in [-0.15, -0.1) is 0 Å². The van der Waals surface area contributed by atoms with Crippen molar-refractivity contribution in [3.63, 3.8) is 0 Å². The number of carbonyl (C=O) groups excluding carboxylic acids is 1. The Morgan fingerprint density at radius 3 is 2.47 bits per heavy atom. The number of amides is 1. The number of ether oxygens (including phenoxy) is 1. The van der Waals surface area contributed by atoms with E-state index in [0.717, 1.165) is 37.1 Å². The molecule has 1 heterocycles. The molecule has 3 rings (SSSR count). The first-order chi connectivity index (χ1) is 15.3. The van der Waals surface area contributed by atoms with E-state index in [1.165, 1.54) is 10.4 Å². The molecule has 32 heavy (non-hydrogen) atoms. The van der Waals surface area contributed by atoms with Crippen LogP contribution in [0.2, 0.25) is 0 Å². The van der Waals surface area contributed by atoms with Gasteiger partial charge in [0.1, 0.15) is 5.75 Å². The lowest BCUT2D eigenvalue weighted by Crippen LogP contribution is -2.48. The zero-order chi connectivity index (χ0) is 23.1. The van der Waals surface area contributed by atoms with Gasteiger partial charge in [0.25, 0.3) is 0 Å². The number of hydrogen-bond acceptors (Lipinski definition) is 5. The summed E-state index contributed by atoms with van der Waals surface area (Å²) in [6, 6.07) is 14.6. The average molecular weight is 460 g/mol. The molecule has 0 saturated carbocycles. The second-order valence-electron chi connectivity index (χ2n) is 8.35. The molecular formula is C24H33N3O4S. The predicted molar refractivity (Wildman–Crippen MR) is 125 cm³/mol. The van der Waals surface area contributed by atoms with Gasteiger partial charge in [-0.2, -0.15) is 4.31 Å². The number of likely N-dealkylation sites (tertiary alicyclic amines) is 1. The minimum atomic E-state index is -3.85. The summed E-state index contributed by atoms with van der Waals surface area (Å²) >= 11 is 0. The van der Waals surface area contributed by atoms with Gasteiger partial charge in [0.15, 0.2) is 0 Å². The highest BCUT2D eigenvalue weighted by Crippen LogP contribution is 2.24. The summed E-state index contributed by atoms with van der Waals surface area (Å²) in [6.07, 6.45) is 2.27. The number of nitrogens with one attached hydrogen (secondary N) is 1. The zero-order valence-corrected chi connectivity index (χ0v) is 19.9. The van der Waals surface area contributed by atoms with Gasteiger partial charge in [0, 0.05) is 12.6 Å². The fourth-order valence-corrected chi connectivity index (χ4v) is 5.41. The van der Waals surface area contributed by atoms with Gasteiger partial charge >= 0.3 is 0 Å². The van der Waals surface area contributed by atoms with Crippen LogP contribution in [0.25, 0.3) is 0 Å². The molecule has 1 fully saturated rings. The SMILES string of the molecule is COc1ccc(S(=O)(=O)N(CCc2ccccc2)CC(=O)NC2CCN(C)CC2)cc1C. The third kappa shape index (κ3) is 6.31. The summed E-state index contributed by atoms with van der Waals surface area (Å²) in [5.41, 5.74) is 1.75. The lowest BCUT2D eigenvalue weighted by atomic mass is 10.1. The third-order valence-electron chi connectivity index (χ3n) is 5.90. The molecule has 7 nitrogen and oxygen atoms in total. The second kappa shape index (κ2) is 10.9. The molecule has 2 aromatic rings. The van der Waals surface area contributed by atoms with E-state index in [4.69, 9.17) is 4.74 Å². The maximum atomic E-state index is 13.5. The minimum absolute atomic E-state index is 0.0839. The summed E-state index contributed by atoms with van der Waals surface area (Å²) in [7, 11) is -0.241. The van der Waals surface area contributed by atoms with Crippen molar-refractivity contribution >= 4 is 15.9 Å². The standard InChI is InChI=1S/C24H33N3O4S/c1-19-17-22(9-10-23(19)31-3)32(29,30)27(16-11-20-7-5-4-6-8-20)18-24(28)25-21-12-14-26(2)15-13-21/h4-10,17,21H,11-16,18H2,1-3H3,(H,25,28). The Bertz CT molecular complexity index is 1000. The minimum Gasteiger partial charge on any atom is -0.496 e. The van der Waals surface area contributed by atoms with Crippen molar-refractivity contribution in [2.75, 3.05) is 40.3 Å². The Kier molecular flexibility index (Phi) is 8.28. The molecule has 0 atom stereocenters. The van der Waals surface area contributed by atoms with Crippen molar-refractivity contribution in [1.82, 2.24) is 14.5 Å². The largest absolute Gasteiger partial charge is 0.496 e. The number of methoxy groups -OCH3 is 1. The van der Waals surface area contributed by atoms with Crippen molar-refractivity contribution < 1.29 is 17.9 Å². The van der Waals surface area contributed by atoms with Crippen LogP contribution in [0.4, 0.5) is 0 Å². The highest BCUT2D eigenvalue weighted by atomic mass is 32.2. The van der Waals surface area contributed by atoms with E-state index >= 15 is 0 Å². The van der Waals surface area contributed by atoms with Gasteiger partial charge in [-0.1, -0.05) is 30.3 Å². The molecule has 1 saturated heterocycles. The molecule has 8 heteroatoms. The van der Waals surface area contributed by atoms with Crippen molar-refractivity contribution in [3.05, 3.63) is 59.7 Å². The normalized spacial score (nSPS) is 15.6. The van der Waals surface area contributed by atoms with Crippen LogP contribution in [-0.2, 0) is 21.2 Å². The maximum absolute atomic E-state index is 13.5. The Morgan fingerprint density at radius 1 is 1.16 bits per heavy atom. The van der Waals surface area contributed by atoms with Crippen LogP contribution < -0.4 is 10.1 Å². The van der Waals surface area contributed by atoms with E-state index in [2.05, 4.69) is 17.3 Å². The molecule has 0 radical (unpaired) electrons. The molecule has 1 aliphatic rings. The van der Waals surface area contributed by atoms with Crippen LogP contribution in [0.5, 0.6) is 5.75 Å². The van der Waals surface area contributed by atoms with Gasteiger partial charge < -0.3 is 15.0 Å². The fourth-order valence-electron chi connectivity index (χ4n) is 3.93. The van der Waals surface area contributed by atoms with E-state index in [0.29, 0.717) is 12.2 Å². The zero-order valence-electron chi connectivity index (χ0n) is 19.1. The van der Waals surface area contributed by atoms with Crippen LogP contribution in [-0.4, -0.2) is 69.9 Å². The van der Waals surface area contributed by atoms with E-state index < -0.39 is 10.0 Å². The molecule has 1 amide bonds. The highest BCUT2D eigenvalue weighted by molar-refractivity contribution is 7.89. The number of nitrogens with zero attached hydrogens (tertiary/aromatic N) is 2. The summed E-state index contributed by atoms with van der Waals surface area (Å²) in [5, 5.41) is 3.03. The van der Waals surface area contributed by atoms with Gasteiger partial charge in [-0.25, -0.2) is 8.42 Å². The Morgan fingerprint density at radius 2 is 1.84 bits per heavy atom. The summed E-state index contributed by atoms with van der Waals surface area (Å²) in [5.74, 6) is 0.362. The molecular weight excluding hydrogens is 426 g/mol. The quantitative estimate of drug-likeness (QED) is 0.623. The van der Waals surface area contributed by atoms with Gasteiger partial charge in [-0.3, -0.25) is 4.79 Å². The lowest BCUT2D eigenvalue weighted by molar-refractivity contribution is -0.122. The predicted octanol–water partition coefficient (Wildman–Crippen LogP) is 2.45. The van der Waals surface area contributed by atoms with Gasteiger partial charge in [-0.05, 0) is 75.6 Å². The van der Waals surface area contributed by atoms with Gasteiger partial charge in [0.2, 0.25) is 15.9 Å². The lowest BCUT2D eigenvalue weighted by Gasteiger charge is -2.30. The van der Waals surface area contributed by atoms with Crippen molar-refractivity contribution in [2.45, 2.75) is 37.1 Å². The van der Waals surface area contributed by atoms with Crippen LogP contribution in [0, 0.1) is 6.92 Å². The Balaban J connectivity index is 1.77. The summed E-state index contributed by atoms with van der Waals surface area (Å²) in [6.45, 7) is 3.67. The maximum Gasteiger partial charge on any atom is 0.243 e. The van der Waals surface area contributed by atoms with Gasteiger partial charge in [0.05, 0.1) is 18.6 Å². The molecule has 0 aromatic heterocycles. The molecule has 174 valence electrons. The van der Waals surface area contributed by atoms with E-state index in [-0.39, 0.29) is 29.9 Å². The first-order valence-corrected chi connectivity index (χ1v) is 12.4. The average Bonchev–Trinajstić information content (AvgIpc) is 2.78. The topological polar surface area (TPSA) is 79.0 Å². The van der Waals surface area contributed by atoms with Crippen LogP contribution in [0.1, 0.15) is 24.0 Å². The highest BCUT2D eigenvalue weighted by Gasteiger charge is 2.28. The van der Waals surface area contributed by atoms with Crippen molar-refractivity contribution in [1.29, 1.82) is 0 Å². The Hall–Kier alpha value is -2.42. The fraction of sp³-hybridized carbons (Fsp3) is 0.458. The van der Waals surface area contributed by atoms with Crippen LogP contribution in [0.3, 0.4) is 0 Å². The Labute approximate surface area is 191 Å². The number of piperidine rings is 1. The number of aryl methyl sites for hydroxylation is 1. The van der Waals surface area contributed by atoms with E-state index in [1.807, 2.05) is 30.3 Å². The molecule has 2 aromatic carbocycles. The molecule has 0 bridgehead atoms. The number of sulfonamides is 1. The number of benzene rings is 2. The summed E-state index contributed by atoms with van der Waals surface area (Å²) < 4.78 is 33.5. The smallest absolute Gasteiger partial charge is 0.243 e. The molecule has 0 spiro atoms. The van der Waals surface area contributed by atoms with E-state index in [1.54, 1.807) is 26.2 Å². The van der Waals surface area contributed by atoms with E-state index in [9.17, 15) is 13.2 Å². The first kappa shape index (κ1) is 24.2. The molecule has 1 N–H and O–H groups in total. The number of hydrogen-bond donors (Lipinski definition) is 1. The van der Waals surface area contributed by atoms with Crippen molar-refractivity contribution in [3.8, 4) is 5.75 Å². The van der Waals surface area contributed by atoms with Crippen LogP contribution >= 0.6 is 0 Å². The second-order valence-corrected chi connectivity index (χ2v) is 10.3. The molecule has 0 aliphatic carbocycles.